The summed E-state index contributed by atoms with van der Waals surface area (Å²) in [7, 11) is 0. The lowest BCUT2D eigenvalue weighted by molar-refractivity contribution is -0.332. The Morgan fingerprint density at radius 1 is 0.449 bits per heavy atom. The van der Waals surface area contributed by atoms with E-state index in [-0.39, 0.29) is 26.1 Å². The first-order valence-electron chi connectivity index (χ1n) is 27.8. The van der Waals surface area contributed by atoms with E-state index in [1.54, 1.807) is 0 Å². The van der Waals surface area contributed by atoms with Crippen molar-refractivity contribution in [3.05, 3.63) is 12.2 Å². The molecule has 2 fully saturated rings. The lowest BCUT2D eigenvalue weighted by Crippen LogP contribution is -2.61. The number of aliphatic hydroxyl groups excluding tert-OH is 7. The molecule has 2 aliphatic rings. The molecule has 4 unspecified atom stereocenters. The Balaban J connectivity index is 1.77. The number of ether oxygens (including phenoxy) is 6. The number of unbranched alkanes of at least 4 members (excludes halogenated alkanes) is 28. The lowest BCUT2D eigenvalue weighted by Gasteiger charge is -2.42. The van der Waals surface area contributed by atoms with E-state index >= 15 is 0 Å². The molecule has 0 radical (unpaired) electrons. The average Bonchev–Trinajstić information content (AvgIpc) is 3.34. The summed E-state index contributed by atoms with van der Waals surface area (Å²) in [4.78, 5) is 25.8. The number of carbonyl (C=O) groups is 2. The van der Waals surface area contributed by atoms with E-state index in [2.05, 4.69) is 26.0 Å². The van der Waals surface area contributed by atoms with Crippen molar-refractivity contribution in [2.24, 2.45) is 0 Å². The molecule has 406 valence electrons. The second-order valence-electron chi connectivity index (χ2n) is 19.8. The largest absolute Gasteiger partial charge is 0.462 e. The van der Waals surface area contributed by atoms with E-state index in [0.29, 0.717) is 12.8 Å². The Morgan fingerprint density at radius 3 is 1.29 bits per heavy atom. The highest BCUT2D eigenvalue weighted by Gasteiger charge is 2.47. The average molecular weight is 989 g/mol. The van der Waals surface area contributed by atoms with Crippen LogP contribution in [0.5, 0.6) is 0 Å². The maximum absolute atomic E-state index is 13.0. The molecular weight excluding hydrogens is 889 g/mol. The summed E-state index contributed by atoms with van der Waals surface area (Å²) < 4.78 is 33.7. The van der Waals surface area contributed by atoms with Crippen LogP contribution in [0.2, 0.25) is 0 Å². The fourth-order valence-corrected chi connectivity index (χ4v) is 8.92. The molecule has 0 spiro atoms. The molecule has 0 saturated carbocycles. The number of aliphatic hydroxyl groups is 7. The van der Waals surface area contributed by atoms with E-state index < -0.39 is 92.7 Å². The zero-order chi connectivity index (χ0) is 50.3. The van der Waals surface area contributed by atoms with Gasteiger partial charge in [0.05, 0.1) is 19.8 Å². The number of hydrogen-bond acceptors (Lipinski definition) is 15. The first-order valence-corrected chi connectivity index (χ1v) is 27.8. The standard InChI is InChI=1S/C54H100O15/c1-3-5-7-9-11-13-15-17-19-21-23-25-27-29-31-33-35-37-46(57)67-42(39-64-45(56)36-34-32-30-28-26-24-22-20-18-16-14-12-10-8-6-4-2)40-65-53-52(63)50(61)48(59)44(69-53)41-66-54-51(62)49(60)47(58)43(38-55)68-54/h13,15,42-44,47-55,58-63H,3-12,14,16-41H2,1-2H3/b15-13+/t42-,43+,44+,47-,48-,49?,50?,51?,52?,53+,54+/m0/s1. The van der Waals surface area contributed by atoms with Crippen LogP contribution in [-0.2, 0) is 38.0 Å². The highest BCUT2D eigenvalue weighted by atomic mass is 16.7. The van der Waals surface area contributed by atoms with E-state index in [0.717, 1.165) is 44.9 Å². The van der Waals surface area contributed by atoms with Crippen LogP contribution in [0.1, 0.15) is 226 Å². The van der Waals surface area contributed by atoms with E-state index in [1.165, 1.54) is 141 Å². The molecule has 0 bridgehead atoms. The third-order valence-corrected chi connectivity index (χ3v) is 13.5. The van der Waals surface area contributed by atoms with Gasteiger partial charge in [0, 0.05) is 12.8 Å². The van der Waals surface area contributed by atoms with Gasteiger partial charge in [0.15, 0.2) is 18.7 Å². The fourth-order valence-electron chi connectivity index (χ4n) is 8.92. The minimum absolute atomic E-state index is 0.167. The number of esters is 2. The molecule has 69 heavy (non-hydrogen) atoms. The molecule has 2 heterocycles. The van der Waals surface area contributed by atoms with Crippen molar-refractivity contribution in [1.29, 1.82) is 0 Å². The number of allylic oxidation sites excluding steroid dienone is 2. The third-order valence-electron chi connectivity index (χ3n) is 13.5. The summed E-state index contributed by atoms with van der Waals surface area (Å²) in [6, 6.07) is 0. The molecule has 15 heteroatoms. The van der Waals surface area contributed by atoms with Gasteiger partial charge in [-0.2, -0.15) is 0 Å². The Kier molecular flexibility index (Phi) is 38.3. The van der Waals surface area contributed by atoms with Crippen LogP contribution in [0.3, 0.4) is 0 Å². The molecule has 0 aromatic heterocycles. The van der Waals surface area contributed by atoms with Gasteiger partial charge in [0.1, 0.15) is 55.4 Å². The van der Waals surface area contributed by atoms with Gasteiger partial charge < -0.3 is 64.2 Å². The summed E-state index contributed by atoms with van der Waals surface area (Å²) in [6.45, 7) is 2.62. The molecule has 2 saturated heterocycles. The van der Waals surface area contributed by atoms with Gasteiger partial charge in [-0.15, -0.1) is 0 Å². The van der Waals surface area contributed by atoms with Gasteiger partial charge in [0.25, 0.3) is 0 Å². The van der Waals surface area contributed by atoms with Crippen molar-refractivity contribution in [2.45, 2.75) is 293 Å². The lowest BCUT2D eigenvalue weighted by atomic mass is 9.98. The van der Waals surface area contributed by atoms with E-state index in [4.69, 9.17) is 28.4 Å². The van der Waals surface area contributed by atoms with Crippen molar-refractivity contribution in [1.82, 2.24) is 0 Å². The maximum atomic E-state index is 13.0. The van der Waals surface area contributed by atoms with Crippen molar-refractivity contribution in [3.8, 4) is 0 Å². The molecule has 0 aromatic carbocycles. The van der Waals surface area contributed by atoms with Crippen molar-refractivity contribution in [3.63, 3.8) is 0 Å². The second kappa shape index (κ2) is 41.7. The molecule has 2 aliphatic heterocycles. The molecule has 0 aromatic rings. The molecule has 7 N–H and O–H groups in total. The summed E-state index contributed by atoms with van der Waals surface area (Å²) in [5.74, 6) is -0.914. The summed E-state index contributed by atoms with van der Waals surface area (Å²) >= 11 is 0. The van der Waals surface area contributed by atoms with Crippen LogP contribution in [0, 0.1) is 0 Å². The fraction of sp³-hybridized carbons (Fsp3) is 0.926. The van der Waals surface area contributed by atoms with Gasteiger partial charge in [-0.1, -0.05) is 187 Å². The van der Waals surface area contributed by atoms with E-state index in [1.807, 2.05) is 0 Å². The zero-order valence-corrected chi connectivity index (χ0v) is 43.1. The topological polar surface area (TPSA) is 231 Å². The first kappa shape index (κ1) is 63.4. The van der Waals surface area contributed by atoms with Gasteiger partial charge >= 0.3 is 11.9 Å². The molecule has 15 nitrogen and oxygen atoms in total. The predicted molar refractivity (Wildman–Crippen MR) is 266 cm³/mol. The van der Waals surface area contributed by atoms with Crippen LogP contribution in [0.25, 0.3) is 0 Å². The maximum Gasteiger partial charge on any atom is 0.306 e. The monoisotopic (exact) mass is 989 g/mol. The second-order valence-corrected chi connectivity index (χ2v) is 19.8. The Morgan fingerprint density at radius 2 is 0.826 bits per heavy atom. The molecular formula is C54H100O15. The van der Waals surface area contributed by atoms with Crippen LogP contribution in [0.4, 0.5) is 0 Å². The summed E-state index contributed by atoms with van der Waals surface area (Å²) in [6.07, 6.45) is 25.1. The van der Waals surface area contributed by atoms with E-state index in [9.17, 15) is 45.3 Å². The highest BCUT2D eigenvalue weighted by molar-refractivity contribution is 5.70. The number of rotatable bonds is 44. The Hall–Kier alpha value is -1.76. The van der Waals surface area contributed by atoms with Crippen molar-refractivity contribution < 1.29 is 73.8 Å². The van der Waals surface area contributed by atoms with Crippen LogP contribution >= 0.6 is 0 Å². The molecule has 0 amide bonds. The summed E-state index contributed by atoms with van der Waals surface area (Å²) in [5.41, 5.74) is 0. The Labute approximate surface area is 416 Å². The quantitative estimate of drug-likeness (QED) is 0.0172. The smallest absolute Gasteiger partial charge is 0.306 e. The van der Waals surface area contributed by atoms with Crippen LogP contribution in [-0.4, -0.2) is 142 Å². The van der Waals surface area contributed by atoms with Crippen LogP contribution in [0.15, 0.2) is 12.2 Å². The predicted octanol–water partition coefficient (Wildman–Crippen LogP) is 8.55. The number of carbonyl (C=O) groups excluding carboxylic acids is 2. The highest BCUT2D eigenvalue weighted by Crippen LogP contribution is 2.27. The van der Waals surface area contributed by atoms with Gasteiger partial charge in [-0.3, -0.25) is 9.59 Å². The van der Waals surface area contributed by atoms with Crippen molar-refractivity contribution >= 4 is 11.9 Å². The van der Waals surface area contributed by atoms with Gasteiger partial charge in [-0.05, 0) is 38.5 Å². The molecule has 11 atom stereocenters. The Bertz CT molecular complexity index is 1250. The summed E-state index contributed by atoms with van der Waals surface area (Å²) in [5, 5.41) is 72.2. The first-order chi connectivity index (χ1) is 33.5. The van der Waals surface area contributed by atoms with Gasteiger partial charge in [0.2, 0.25) is 0 Å². The number of hydrogen-bond donors (Lipinski definition) is 7. The molecule has 0 aliphatic carbocycles. The third kappa shape index (κ3) is 29.5. The van der Waals surface area contributed by atoms with Crippen molar-refractivity contribution in [2.75, 3.05) is 26.4 Å². The van der Waals surface area contributed by atoms with Crippen LogP contribution < -0.4 is 0 Å². The SMILES string of the molecule is CCCCCC/C=C/CCCCCCCCCCCC(=O)O[C@@H](COC(=O)CCCCCCCCCCCCCCCCCC)CO[C@@H]1O[C@H](CO[C@@H]2O[C@H](CO)[C@H](O)C(O)C2O)[C@H](O)C(O)C1O. The van der Waals surface area contributed by atoms with Gasteiger partial charge in [-0.25, -0.2) is 0 Å². The minimum atomic E-state index is -1.76. The normalized spacial score (nSPS) is 25.6. The minimum Gasteiger partial charge on any atom is -0.462 e. The zero-order valence-electron chi connectivity index (χ0n) is 43.1. The molecule has 2 rings (SSSR count).